The van der Waals surface area contributed by atoms with E-state index in [1.807, 2.05) is 0 Å². The molecule has 0 amide bonds. The maximum atomic E-state index is 10.6. The second kappa shape index (κ2) is 4.44. The van der Waals surface area contributed by atoms with Crippen LogP contribution in [0.25, 0.3) is 0 Å². The first-order chi connectivity index (χ1) is 4.34. The molecule has 0 fully saturated rings. The Morgan fingerprint density at radius 3 is 2.30 bits per heavy atom. The average molecular weight is 145 g/mol. The van der Waals surface area contributed by atoms with E-state index in [9.17, 15) is 10.0 Å². The molecule has 0 heterocycles. The third kappa shape index (κ3) is 2.10. The van der Waals surface area contributed by atoms with Crippen LogP contribution < -0.4 is 34.7 Å². The van der Waals surface area contributed by atoms with Crippen LogP contribution in [0.5, 0.6) is 5.75 Å². The third-order valence-electron chi connectivity index (χ3n) is 0.964. The number of nitrogens with zero attached hydrogens (tertiary/aromatic N) is 1. The summed E-state index contributed by atoms with van der Waals surface area (Å²) in [6, 6.07) is 5.85. The maximum absolute atomic E-state index is 10.6. The van der Waals surface area contributed by atoms with Gasteiger partial charge in [-0.2, -0.15) is 0 Å². The molecule has 0 saturated carbocycles. The van der Waals surface area contributed by atoms with E-state index in [0.29, 0.717) is 0 Å². The summed E-state index contributed by atoms with van der Waals surface area (Å²) in [5, 5.41) is 13.1. The van der Waals surface area contributed by atoms with Gasteiger partial charge in [-0.05, 0) is 11.2 Å². The van der Waals surface area contributed by atoms with E-state index in [1.165, 1.54) is 12.1 Å². The van der Waals surface area contributed by atoms with Gasteiger partial charge in [0.05, 0.1) is 5.69 Å². The van der Waals surface area contributed by atoms with E-state index >= 15 is 0 Å². The zero-order chi connectivity index (χ0) is 6.69. The van der Waals surface area contributed by atoms with E-state index in [2.05, 4.69) is 5.18 Å². The first-order valence-corrected chi connectivity index (χ1v) is 2.44. The first-order valence-electron chi connectivity index (χ1n) is 2.44. The third-order valence-corrected chi connectivity index (χ3v) is 0.964. The van der Waals surface area contributed by atoms with Gasteiger partial charge >= 0.3 is 29.6 Å². The molecule has 0 N–H and O–H groups in total. The van der Waals surface area contributed by atoms with Crippen LogP contribution in [-0.4, -0.2) is 0 Å². The molecule has 0 saturated heterocycles. The van der Waals surface area contributed by atoms with E-state index in [-0.39, 0.29) is 41.0 Å². The van der Waals surface area contributed by atoms with E-state index in [1.54, 1.807) is 12.1 Å². The van der Waals surface area contributed by atoms with E-state index in [4.69, 9.17) is 0 Å². The second-order valence-electron chi connectivity index (χ2n) is 1.56. The molecule has 0 aliphatic carbocycles. The zero-order valence-corrected chi connectivity index (χ0v) is 7.57. The molecule has 0 aromatic heterocycles. The molecule has 4 heteroatoms. The zero-order valence-electron chi connectivity index (χ0n) is 5.57. The summed E-state index contributed by atoms with van der Waals surface area (Å²) in [6.45, 7) is 0. The van der Waals surface area contributed by atoms with Gasteiger partial charge in [-0.3, -0.25) is 0 Å². The number of nitroso groups, excluding NO2 is 1. The fourth-order valence-corrected chi connectivity index (χ4v) is 0.533. The van der Waals surface area contributed by atoms with E-state index in [0.717, 1.165) is 0 Å². The average Bonchev–Trinajstić information content (AvgIpc) is 1.89. The van der Waals surface area contributed by atoms with Crippen molar-refractivity contribution in [2.45, 2.75) is 0 Å². The summed E-state index contributed by atoms with van der Waals surface area (Å²) in [5.74, 6) is -0.326. The molecular weight excluding hydrogens is 141 g/mol. The van der Waals surface area contributed by atoms with Crippen molar-refractivity contribution < 1.29 is 34.7 Å². The van der Waals surface area contributed by atoms with Gasteiger partial charge in [0.1, 0.15) is 0 Å². The summed E-state index contributed by atoms with van der Waals surface area (Å²) in [6.07, 6.45) is 0. The van der Waals surface area contributed by atoms with Crippen molar-refractivity contribution in [3.63, 3.8) is 0 Å². The number of hydrogen-bond donors (Lipinski definition) is 0. The molecule has 1 aromatic carbocycles. The quantitative estimate of drug-likeness (QED) is 0.344. The maximum Gasteiger partial charge on any atom is 1.00 e. The number of rotatable bonds is 1. The Kier molecular flexibility index (Phi) is 4.27. The first kappa shape index (κ1) is 9.62. The molecule has 10 heavy (non-hydrogen) atoms. The predicted molar refractivity (Wildman–Crippen MR) is 31.3 cm³/mol. The minimum atomic E-state index is -0.326. The van der Waals surface area contributed by atoms with E-state index < -0.39 is 0 Å². The Morgan fingerprint density at radius 1 is 1.30 bits per heavy atom. The molecule has 0 spiro atoms. The normalized spacial score (nSPS) is 8.00. The van der Waals surface area contributed by atoms with Gasteiger partial charge in [-0.1, -0.05) is 23.9 Å². The summed E-state index contributed by atoms with van der Waals surface area (Å²) < 4.78 is 0. The van der Waals surface area contributed by atoms with Gasteiger partial charge in [0, 0.05) is 0 Å². The van der Waals surface area contributed by atoms with Crippen LogP contribution >= 0.6 is 0 Å². The van der Waals surface area contributed by atoms with Gasteiger partial charge < -0.3 is 5.11 Å². The summed E-state index contributed by atoms with van der Waals surface area (Å²) in [4.78, 5) is 9.78. The van der Waals surface area contributed by atoms with Crippen LogP contribution in [0.3, 0.4) is 0 Å². The summed E-state index contributed by atoms with van der Waals surface area (Å²) >= 11 is 0. The molecular formula is C6H4NNaO2. The van der Waals surface area contributed by atoms with Gasteiger partial charge in [-0.15, -0.1) is 4.91 Å². The Morgan fingerprint density at radius 2 is 1.90 bits per heavy atom. The summed E-state index contributed by atoms with van der Waals surface area (Å²) in [7, 11) is 0. The van der Waals surface area contributed by atoms with Gasteiger partial charge in [-0.25, -0.2) is 0 Å². The van der Waals surface area contributed by atoms with Crippen molar-refractivity contribution in [3.8, 4) is 5.75 Å². The Labute approximate surface area is 80.3 Å². The number of para-hydroxylation sites is 1. The summed E-state index contributed by atoms with van der Waals surface area (Å²) in [5.41, 5.74) is -0.0301. The van der Waals surface area contributed by atoms with Crippen molar-refractivity contribution in [2.75, 3.05) is 0 Å². The van der Waals surface area contributed by atoms with Crippen molar-refractivity contribution in [1.29, 1.82) is 0 Å². The Hall–Kier alpha value is -0.380. The SMILES string of the molecule is O=Nc1ccccc1[O-].[Na+]. The van der Waals surface area contributed by atoms with Crippen molar-refractivity contribution in [2.24, 2.45) is 5.18 Å². The Bertz CT molecular complexity index is 227. The van der Waals surface area contributed by atoms with Crippen LogP contribution in [0, 0.1) is 4.91 Å². The minimum Gasteiger partial charge on any atom is -0.871 e. The Balaban J connectivity index is 0.000000810. The van der Waals surface area contributed by atoms with Crippen LogP contribution in [0.2, 0.25) is 0 Å². The number of benzene rings is 1. The molecule has 0 bridgehead atoms. The van der Waals surface area contributed by atoms with Crippen molar-refractivity contribution >= 4 is 5.69 Å². The molecule has 1 aromatic rings. The molecule has 0 radical (unpaired) electrons. The van der Waals surface area contributed by atoms with Crippen molar-refractivity contribution in [1.82, 2.24) is 0 Å². The number of hydrogen-bond acceptors (Lipinski definition) is 3. The predicted octanol–water partition coefficient (Wildman–Crippen LogP) is -1.84. The molecule has 1 rings (SSSR count). The smallest absolute Gasteiger partial charge is 0.871 e. The second-order valence-corrected chi connectivity index (χ2v) is 1.56. The minimum absolute atomic E-state index is 0. The molecule has 0 aliphatic heterocycles. The van der Waals surface area contributed by atoms with Crippen LogP contribution in [0.15, 0.2) is 29.4 Å². The molecule has 46 valence electrons. The molecule has 0 aliphatic rings. The van der Waals surface area contributed by atoms with Gasteiger partial charge in [0.2, 0.25) is 0 Å². The van der Waals surface area contributed by atoms with Crippen LogP contribution in [0.1, 0.15) is 0 Å². The molecule has 0 atom stereocenters. The van der Waals surface area contributed by atoms with Gasteiger partial charge in [0.15, 0.2) is 0 Å². The van der Waals surface area contributed by atoms with Crippen molar-refractivity contribution in [3.05, 3.63) is 29.2 Å². The van der Waals surface area contributed by atoms with Crippen LogP contribution in [0.4, 0.5) is 5.69 Å². The topological polar surface area (TPSA) is 52.5 Å². The molecule has 0 unspecified atom stereocenters. The largest absolute Gasteiger partial charge is 1.00 e. The fourth-order valence-electron chi connectivity index (χ4n) is 0.533. The van der Waals surface area contributed by atoms with Gasteiger partial charge in [0.25, 0.3) is 0 Å². The standard InChI is InChI=1S/C6H5NO2.Na/c8-6-4-2-1-3-5(6)7-9;/h1-4,8H;/q;+1/p-1. The molecule has 3 nitrogen and oxygen atoms in total. The monoisotopic (exact) mass is 145 g/mol. The fraction of sp³-hybridized carbons (Fsp3) is 0. The van der Waals surface area contributed by atoms with Crippen LogP contribution in [-0.2, 0) is 0 Å².